The lowest BCUT2D eigenvalue weighted by atomic mass is 10.2. The fourth-order valence-corrected chi connectivity index (χ4v) is 2.24. The molecule has 1 heterocycles. The molecule has 4 nitrogen and oxygen atoms in total. The molecule has 5 heteroatoms. The number of benzene rings is 1. The van der Waals surface area contributed by atoms with E-state index in [9.17, 15) is 5.26 Å². The van der Waals surface area contributed by atoms with Gasteiger partial charge in [0.2, 0.25) is 5.88 Å². The van der Waals surface area contributed by atoms with Crippen LogP contribution in [0.25, 0.3) is 0 Å². The first-order valence-corrected chi connectivity index (χ1v) is 7.43. The Labute approximate surface area is 137 Å². The van der Waals surface area contributed by atoms with Gasteiger partial charge in [0.1, 0.15) is 29.7 Å². The molecule has 1 aromatic heterocycles. The van der Waals surface area contributed by atoms with Crippen LogP contribution in [0.3, 0.4) is 0 Å². The summed E-state index contributed by atoms with van der Waals surface area (Å²) in [7, 11) is 0. The van der Waals surface area contributed by atoms with Gasteiger partial charge in [-0.3, -0.25) is 0 Å². The van der Waals surface area contributed by atoms with Crippen LogP contribution in [0.1, 0.15) is 22.5 Å². The molecule has 0 saturated heterocycles. The third kappa shape index (κ3) is 3.46. The van der Waals surface area contributed by atoms with E-state index in [4.69, 9.17) is 9.15 Å². The molecule has 0 amide bonds. The molecular formula is C17H15BrN2O2. The van der Waals surface area contributed by atoms with Crippen LogP contribution >= 0.6 is 15.9 Å². The maximum Gasteiger partial charge on any atom is 0.237 e. The number of ether oxygens (including phenoxy) is 1. The first kappa shape index (κ1) is 16.1. The van der Waals surface area contributed by atoms with Gasteiger partial charge in [-0.2, -0.15) is 5.26 Å². The first-order chi connectivity index (χ1) is 10.6. The van der Waals surface area contributed by atoms with E-state index in [1.807, 2.05) is 32.0 Å². The van der Waals surface area contributed by atoms with Gasteiger partial charge in [0.15, 0.2) is 0 Å². The molecule has 0 radical (unpaired) electrons. The van der Waals surface area contributed by atoms with Gasteiger partial charge < -0.3 is 9.15 Å². The molecule has 2 aromatic rings. The summed E-state index contributed by atoms with van der Waals surface area (Å²) in [5.74, 6) is 1.69. The Bertz CT molecular complexity index is 770. The van der Waals surface area contributed by atoms with Crippen molar-refractivity contribution < 1.29 is 9.15 Å². The van der Waals surface area contributed by atoms with Gasteiger partial charge in [-0.05, 0) is 32.0 Å². The fraction of sp³-hybridized carbons (Fsp3) is 0.176. The van der Waals surface area contributed by atoms with Crippen molar-refractivity contribution in [2.24, 2.45) is 4.99 Å². The topological polar surface area (TPSA) is 58.5 Å². The Hall–Kier alpha value is -2.32. The lowest BCUT2D eigenvalue weighted by Crippen LogP contribution is -1.96. The third-order valence-electron chi connectivity index (χ3n) is 3.13. The minimum absolute atomic E-state index is 0.312. The van der Waals surface area contributed by atoms with Crippen molar-refractivity contribution >= 4 is 28.0 Å². The Morgan fingerprint density at radius 1 is 1.45 bits per heavy atom. The molecule has 2 rings (SSSR count). The zero-order chi connectivity index (χ0) is 16.1. The molecule has 112 valence electrons. The van der Waals surface area contributed by atoms with Gasteiger partial charge in [0.05, 0.1) is 0 Å². The summed E-state index contributed by atoms with van der Waals surface area (Å²) in [5.41, 5.74) is 2.05. The van der Waals surface area contributed by atoms with Gasteiger partial charge in [0.25, 0.3) is 0 Å². The van der Waals surface area contributed by atoms with Gasteiger partial charge in [0, 0.05) is 21.8 Å². The Morgan fingerprint density at radius 2 is 2.23 bits per heavy atom. The molecule has 0 saturated carbocycles. The summed E-state index contributed by atoms with van der Waals surface area (Å²) in [6.45, 7) is 7.69. The van der Waals surface area contributed by atoms with Crippen LogP contribution in [-0.4, -0.2) is 12.8 Å². The lowest BCUT2D eigenvalue weighted by molar-refractivity contribution is 0.362. The molecular weight excluding hydrogens is 344 g/mol. The van der Waals surface area contributed by atoms with Crippen LogP contribution in [0.15, 0.2) is 44.7 Å². The number of halogens is 1. The van der Waals surface area contributed by atoms with E-state index in [0.29, 0.717) is 29.6 Å². The average Bonchev–Trinajstić information content (AvgIpc) is 2.78. The summed E-state index contributed by atoms with van der Waals surface area (Å²) in [6, 6.07) is 7.74. The van der Waals surface area contributed by atoms with E-state index in [1.54, 1.807) is 12.3 Å². The zero-order valence-corrected chi connectivity index (χ0v) is 14.0. The lowest BCUT2D eigenvalue weighted by Gasteiger charge is -2.07. The summed E-state index contributed by atoms with van der Waals surface area (Å²) < 4.78 is 12.0. The second kappa shape index (κ2) is 7.10. The third-order valence-corrected chi connectivity index (χ3v) is 3.62. The van der Waals surface area contributed by atoms with E-state index >= 15 is 0 Å². The quantitative estimate of drug-likeness (QED) is 0.567. The van der Waals surface area contributed by atoms with Crippen molar-refractivity contribution in [3.63, 3.8) is 0 Å². The second-order valence-electron chi connectivity index (χ2n) is 4.62. The van der Waals surface area contributed by atoms with Crippen LogP contribution in [0, 0.1) is 25.2 Å². The molecule has 0 aliphatic heterocycles. The maximum absolute atomic E-state index is 9.20. The van der Waals surface area contributed by atoms with Crippen molar-refractivity contribution in [1.29, 1.82) is 5.26 Å². The van der Waals surface area contributed by atoms with Crippen molar-refractivity contribution in [1.82, 2.24) is 0 Å². The zero-order valence-electron chi connectivity index (χ0n) is 12.4. The smallest absolute Gasteiger partial charge is 0.237 e. The van der Waals surface area contributed by atoms with Crippen LogP contribution in [0.2, 0.25) is 0 Å². The number of aliphatic imine (C=N–C) groups is 1. The van der Waals surface area contributed by atoms with Crippen molar-refractivity contribution in [2.45, 2.75) is 13.8 Å². The van der Waals surface area contributed by atoms with Crippen LogP contribution in [0.4, 0.5) is 5.88 Å². The average molecular weight is 359 g/mol. The van der Waals surface area contributed by atoms with Gasteiger partial charge in [-0.15, -0.1) is 0 Å². The highest BCUT2D eigenvalue weighted by atomic mass is 79.9. The summed E-state index contributed by atoms with van der Waals surface area (Å²) >= 11 is 3.42. The molecule has 0 atom stereocenters. The highest BCUT2D eigenvalue weighted by Gasteiger charge is 2.13. The molecule has 0 N–H and O–H groups in total. The first-order valence-electron chi connectivity index (χ1n) is 6.64. The summed E-state index contributed by atoms with van der Waals surface area (Å²) in [6.07, 6.45) is 3.30. The Balaban J connectivity index is 2.38. The number of aryl methyl sites for hydroxylation is 1. The number of nitrogens with zero attached hydrogens (tertiary/aromatic N) is 2. The fourth-order valence-electron chi connectivity index (χ4n) is 1.86. The van der Waals surface area contributed by atoms with Crippen LogP contribution in [-0.2, 0) is 0 Å². The van der Waals surface area contributed by atoms with Gasteiger partial charge in [-0.25, -0.2) is 4.99 Å². The van der Waals surface area contributed by atoms with Crippen LogP contribution in [0.5, 0.6) is 5.75 Å². The second-order valence-corrected chi connectivity index (χ2v) is 5.53. The van der Waals surface area contributed by atoms with Crippen LogP contribution < -0.4 is 4.74 Å². The van der Waals surface area contributed by atoms with E-state index in [1.165, 1.54) is 0 Å². The van der Waals surface area contributed by atoms with Crippen molar-refractivity contribution in [2.75, 3.05) is 6.61 Å². The minimum atomic E-state index is 0.312. The standard InChI is InChI=1S/C17H15BrN2O2/c1-4-7-21-16-6-5-14(18)8-13(16)10-20-17-15(9-19)11(2)12(3)22-17/h4-6,8,10H,1,7H2,2-3H3. The molecule has 0 aliphatic carbocycles. The molecule has 22 heavy (non-hydrogen) atoms. The Kier molecular flexibility index (Phi) is 5.18. The molecule has 1 aromatic carbocycles. The Morgan fingerprint density at radius 3 is 2.91 bits per heavy atom. The number of hydrogen-bond donors (Lipinski definition) is 0. The summed E-state index contributed by atoms with van der Waals surface area (Å²) in [5, 5.41) is 9.20. The molecule has 0 bridgehead atoms. The molecule has 0 aliphatic rings. The summed E-state index contributed by atoms with van der Waals surface area (Å²) in [4.78, 5) is 4.30. The normalized spacial score (nSPS) is 10.6. The molecule has 0 fully saturated rings. The highest BCUT2D eigenvalue weighted by molar-refractivity contribution is 9.10. The highest BCUT2D eigenvalue weighted by Crippen LogP contribution is 2.29. The van der Waals surface area contributed by atoms with E-state index in [0.717, 1.165) is 15.6 Å². The number of furan rings is 1. The molecule has 0 unspecified atom stereocenters. The number of rotatable bonds is 5. The van der Waals surface area contributed by atoms with Crippen molar-refractivity contribution in [3.05, 3.63) is 57.8 Å². The number of hydrogen-bond acceptors (Lipinski definition) is 4. The monoisotopic (exact) mass is 358 g/mol. The van der Waals surface area contributed by atoms with E-state index < -0.39 is 0 Å². The molecule has 0 spiro atoms. The predicted octanol–water partition coefficient (Wildman–Crippen LogP) is 4.85. The predicted molar refractivity (Wildman–Crippen MR) is 90.0 cm³/mol. The van der Waals surface area contributed by atoms with Gasteiger partial charge in [-0.1, -0.05) is 28.6 Å². The van der Waals surface area contributed by atoms with Crippen molar-refractivity contribution in [3.8, 4) is 11.8 Å². The maximum atomic E-state index is 9.20. The minimum Gasteiger partial charge on any atom is -0.489 e. The van der Waals surface area contributed by atoms with E-state index in [-0.39, 0.29) is 0 Å². The SMILES string of the molecule is C=CCOc1ccc(Br)cc1C=Nc1oc(C)c(C)c1C#N. The van der Waals surface area contributed by atoms with E-state index in [2.05, 4.69) is 33.6 Å². The van der Waals surface area contributed by atoms with Gasteiger partial charge >= 0.3 is 0 Å². The number of nitriles is 1. The largest absolute Gasteiger partial charge is 0.489 e.